The summed E-state index contributed by atoms with van der Waals surface area (Å²) in [7, 11) is 0. The van der Waals surface area contributed by atoms with Crippen molar-refractivity contribution in [3.63, 3.8) is 0 Å². The van der Waals surface area contributed by atoms with Gasteiger partial charge in [-0.2, -0.15) is 0 Å². The van der Waals surface area contributed by atoms with Crippen LogP contribution in [0.5, 0.6) is 0 Å². The number of aromatic nitrogens is 1. The zero-order chi connectivity index (χ0) is 13.1. The highest BCUT2D eigenvalue weighted by Gasteiger charge is 2.30. The summed E-state index contributed by atoms with van der Waals surface area (Å²) in [5, 5.41) is 11.9. The molecule has 5 nitrogen and oxygen atoms in total. The fourth-order valence-electron chi connectivity index (χ4n) is 2.13. The second-order valence-corrected chi connectivity index (χ2v) is 4.75. The minimum absolute atomic E-state index is 0.0978. The third-order valence-corrected chi connectivity index (χ3v) is 3.28. The molecule has 0 spiro atoms. The number of pyridine rings is 1. The highest BCUT2D eigenvalue weighted by atomic mass is 35.5. The molecular formula is C12H13ClN2O3. The minimum Gasteiger partial charge on any atom is -0.481 e. The van der Waals surface area contributed by atoms with E-state index in [1.165, 1.54) is 0 Å². The number of hydrogen-bond donors (Lipinski definition) is 2. The summed E-state index contributed by atoms with van der Waals surface area (Å²) in [5.41, 5.74) is 0.251. The van der Waals surface area contributed by atoms with Crippen LogP contribution in [0.4, 0.5) is 0 Å². The lowest BCUT2D eigenvalue weighted by atomic mass is 10.1. The zero-order valence-electron chi connectivity index (χ0n) is 9.60. The van der Waals surface area contributed by atoms with Crippen molar-refractivity contribution in [3.05, 3.63) is 29.0 Å². The molecule has 18 heavy (non-hydrogen) atoms. The van der Waals surface area contributed by atoms with Crippen LogP contribution >= 0.6 is 11.6 Å². The first-order valence-electron chi connectivity index (χ1n) is 5.72. The van der Waals surface area contributed by atoms with Gasteiger partial charge in [0.05, 0.1) is 5.92 Å². The van der Waals surface area contributed by atoms with Gasteiger partial charge in [0.15, 0.2) is 0 Å². The van der Waals surface area contributed by atoms with Gasteiger partial charge in [0.1, 0.15) is 10.8 Å². The number of halogens is 1. The van der Waals surface area contributed by atoms with E-state index >= 15 is 0 Å². The molecule has 1 saturated carbocycles. The normalized spacial score (nSPS) is 22.7. The third-order valence-electron chi connectivity index (χ3n) is 3.06. The maximum absolute atomic E-state index is 11.8. The van der Waals surface area contributed by atoms with Gasteiger partial charge in [0, 0.05) is 6.04 Å². The summed E-state index contributed by atoms with van der Waals surface area (Å²) in [6.45, 7) is 0. The SMILES string of the molecule is O=C(N[C@H]1CC[C@@H](C(=O)O)C1)c1cccc(Cl)n1. The van der Waals surface area contributed by atoms with Crippen molar-refractivity contribution in [2.24, 2.45) is 5.92 Å². The van der Waals surface area contributed by atoms with Crippen LogP contribution in [-0.4, -0.2) is 28.0 Å². The fraction of sp³-hybridized carbons (Fsp3) is 0.417. The molecule has 0 aliphatic heterocycles. The number of nitrogens with one attached hydrogen (secondary N) is 1. The molecule has 96 valence electrons. The highest BCUT2D eigenvalue weighted by molar-refractivity contribution is 6.29. The first-order valence-corrected chi connectivity index (χ1v) is 6.10. The number of hydrogen-bond acceptors (Lipinski definition) is 3. The quantitative estimate of drug-likeness (QED) is 0.818. The molecule has 2 N–H and O–H groups in total. The molecule has 0 aromatic carbocycles. The number of aliphatic carboxylic acids is 1. The Balaban J connectivity index is 1.95. The Morgan fingerprint density at radius 1 is 1.39 bits per heavy atom. The van der Waals surface area contributed by atoms with Crippen LogP contribution < -0.4 is 5.32 Å². The first kappa shape index (κ1) is 12.8. The summed E-state index contributed by atoms with van der Waals surface area (Å²) in [6.07, 6.45) is 1.76. The zero-order valence-corrected chi connectivity index (χ0v) is 10.4. The van der Waals surface area contributed by atoms with Crippen LogP contribution in [-0.2, 0) is 4.79 Å². The summed E-state index contributed by atoms with van der Waals surface area (Å²) < 4.78 is 0. The van der Waals surface area contributed by atoms with E-state index in [0.717, 1.165) is 0 Å². The number of carbonyl (C=O) groups is 2. The number of carboxylic acid groups (broad SMARTS) is 1. The molecular weight excluding hydrogens is 256 g/mol. The molecule has 1 aromatic heterocycles. The number of carboxylic acids is 1. The van der Waals surface area contributed by atoms with Crippen LogP contribution in [0.25, 0.3) is 0 Å². The molecule has 0 radical (unpaired) electrons. The fourth-order valence-corrected chi connectivity index (χ4v) is 2.29. The summed E-state index contributed by atoms with van der Waals surface area (Å²) in [5.74, 6) is -1.47. The van der Waals surface area contributed by atoms with E-state index < -0.39 is 5.97 Å². The lowest BCUT2D eigenvalue weighted by molar-refractivity contribution is -0.141. The van der Waals surface area contributed by atoms with Crippen molar-refractivity contribution in [1.82, 2.24) is 10.3 Å². The molecule has 2 rings (SSSR count). The molecule has 1 aromatic rings. The van der Waals surface area contributed by atoms with Gasteiger partial charge in [-0.1, -0.05) is 17.7 Å². The average Bonchev–Trinajstić information content (AvgIpc) is 2.77. The minimum atomic E-state index is -0.798. The largest absolute Gasteiger partial charge is 0.481 e. The van der Waals surface area contributed by atoms with Crippen LogP contribution in [0.2, 0.25) is 5.15 Å². The summed E-state index contributed by atoms with van der Waals surface area (Å²) in [6, 6.07) is 4.72. The van der Waals surface area contributed by atoms with Gasteiger partial charge in [-0.15, -0.1) is 0 Å². The average molecular weight is 269 g/mol. The highest BCUT2D eigenvalue weighted by Crippen LogP contribution is 2.25. The van der Waals surface area contributed by atoms with Gasteiger partial charge in [0.25, 0.3) is 5.91 Å². The summed E-state index contributed by atoms with van der Waals surface area (Å²) in [4.78, 5) is 26.6. The third kappa shape index (κ3) is 2.98. The Labute approximate surface area is 109 Å². The molecule has 1 heterocycles. The van der Waals surface area contributed by atoms with Crippen molar-refractivity contribution >= 4 is 23.5 Å². The Hall–Kier alpha value is -1.62. The van der Waals surface area contributed by atoms with Crippen LogP contribution in [0.1, 0.15) is 29.8 Å². The maximum atomic E-state index is 11.8. The van der Waals surface area contributed by atoms with Gasteiger partial charge >= 0.3 is 5.97 Å². The molecule has 1 fully saturated rings. The molecule has 1 aliphatic rings. The predicted octanol–water partition coefficient (Wildman–Crippen LogP) is 1.72. The van der Waals surface area contributed by atoms with Crippen molar-refractivity contribution in [2.75, 3.05) is 0 Å². The number of rotatable bonds is 3. The van der Waals surface area contributed by atoms with Gasteiger partial charge in [-0.05, 0) is 31.4 Å². The molecule has 0 saturated heterocycles. The van der Waals surface area contributed by atoms with Crippen LogP contribution in [0.15, 0.2) is 18.2 Å². The van der Waals surface area contributed by atoms with Gasteiger partial charge in [-0.25, -0.2) is 4.98 Å². The van der Waals surface area contributed by atoms with E-state index in [1.807, 2.05) is 0 Å². The molecule has 1 amide bonds. The first-order chi connectivity index (χ1) is 8.56. The lowest BCUT2D eigenvalue weighted by Gasteiger charge is -2.11. The Bertz CT molecular complexity index is 478. The topological polar surface area (TPSA) is 79.3 Å². The van der Waals surface area contributed by atoms with E-state index in [9.17, 15) is 9.59 Å². The smallest absolute Gasteiger partial charge is 0.306 e. The molecule has 0 unspecified atom stereocenters. The van der Waals surface area contributed by atoms with Crippen molar-refractivity contribution < 1.29 is 14.7 Å². The summed E-state index contributed by atoms with van der Waals surface area (Å²) >= 11 is 5.70. The second kappa shape index (κ2) is 5.35. The monoisotopic (exact) mass is 268 g/mol. The van der Waals surface area contributed by atoms with E-state index in [-0.39, 0.29) is 28.7 Å². The van der Waals surface area contributed by atoms with Crippen molar-refractivity contribution in [1.29, 1.82) is 0 Å². The van der Waals surface area contributed by atoms with E-state index in [1.54, 1.807) is 18.2 Å². The molecule has 6 heteroatoms. The number of carbonyl (C=O) groups excluding carboxylic acids is 1. The van der Waals surface area contributed by atoms with Crippen LogP contribution in [0.3, 0.4) is 0 Å². The number of amides is 1. The maximum Gasteiger partial charge on any atom is 0.306 e. The van der Waals surface area contributed by atoms with Crippen molar-refractivity contribution in [2.45, 2.75) is 25.3 Å². The Kier molecular flexibility index (Phi) is 3.81. The van der Waals surface area contributed by atoms with Gasteiger partial charge in [0.2, 0.25) is 0 Å². The van der Waals surface area contributed by atoms with Gasteiger partial charge in [-0.3, -0.25) is 9.59 Å². The molecule has 1 aliphatic carbocycles. The standard InChI is InChI=1S/C12H13ClN2O3/c13-10-3-1-2-9(15-10)11(16)14-8-5-4-7(6-8)12(17)18/h1-3,7-8H,4-6H2,(H,14,16)(H,17,18)/t7-,8+/m1/s1. The van der Waals surface area contributed by atoms with E-state index in [0.29, 0.717) is 19.3 Å². The van der Waals surface area contributed by atoms with Crippen molar-refractivity contribution in [3.8, 4) is 0 Å². The number of nitrogens with zero attached hydrogens (tertiary/aromatic N) is 1. The predicted molar refractivity (Wildman–Crippen MR) is 65.5 cm³/mol. The lowest BCUT2D eigenvalue weighted by Crippen LogP contribution is -2.33. The molecule has 2 atom stereocenters. The Morgan fingerprint density at radius 3 is 2.78 bits per heavy atom. The van der Waals surface area contributed by atoms with E-state index in [4.69, 9.17) is 16.7 Å². The van der Waals surface area contributed by atoms with Crippen LogP contribution in [0, 0.1) is 5.92 Å². The Morgan fingerprint density at radius 2 is 2.17 bits per heavy atom. The second-order valence-electron chi connectivity index (χ2n) is 4.36. The van der Waals surface area contributed by atoms with E-state index in [2.05, 4.69) is 10.3 Å². The molecule has 0 bridgehead atoms. The van der Waals surface area contributed by atoms with Gasteiger partial charge < -0.3 is 10.4 Å².